The van der Waals surface area contributed by atoms with Crippen molar-refractivity contribution in [2.75, 3.05) is 24.6 Å². The number of piperidine rings is 1. The van der Waals surface area contributed by atoms with Crippen LogP contribution in [0.1, 0.15) is 50.4 Å². The molecule has 3 heterocycles. The summed E-state index contributed by atoms with van der Waals surface area (Å²) in [6.07, 6.45) is 2.98. The van der Waals surface area contributed by atoms with Gasteiger partial charge in [0.2, 0.25) is 5.88 Å². The predicted molar refractivity (Wildman–Crippen MR) is 157 cm³/mol. The molecule has 0 unspecified atom stereocenters. The highest BCUT2D eigenvalue weighted by Crippen LogP contribution is 2.40. The van der Waals surface area contributed by atoms with Gasteiger partial charge < -0.3 is 24.4 Å². The molecule has 0 bridgehead atoms. The summed E-state index contributed by atoms with van der Waals surface area (Å²) in [5.74, 6) is -0.173. The quantitative estimate of drug-likeness (QED) is 0.367. The van der Waals surface area contributed by atoms with E-state index < -0.39 is 11.4 Å². The summed E-state index contributed by atoms with van der Waals surface area (Å²) < 4.78 is 27.9. The molecule has 0 radical (unpaired) electrons. The minimum atomic E-state index is -1.06. The average Bonchev–Trinajstić information content (AvgIpc) is 2.94. The van der Waals surface area contributed by atoms with Crippen LogP contribution in [0.3, 0.4) is 0 Å². The number of benzene rings is 2. The number of para-hydroxylation sites is 1. The first-order chi connectivity index (χ1) is 19.6. The summed E-state index contributed by atoms with van der Waals surface area (Å²) in [5.41, 5.74) is 0.838. The molecule has 0 aliphatic carbocycles. The second-order valence-electron chi connectivity index (χ2n) is 10.9. The van der Waals surface area contributed by atoms with Crippen molar-refractivity contribution >= 4 is 33.4 Å². The van der Waals surface area contributed by atoms with E-state index in [1.54, 1.807) is 42.0 Å². The smallest absolute Gasteiger partial charge is 0.271 e. The summed E-state index contributed by atoms with van der Waals surface area (Å²) in [5, 5.41) is 9.20. The van der Waals surface area contributed by atoms with E-state index in [-0.39, 0.29) is 36.1 Å². The number of rotatable bonds is 7. The fourth-order valence-corrected chi connectivity index (χ4v) is 5.65. The highest BCUT2D eigenvalue weighted by Gasteiger charge is 2.45. The first-order valence-corrected chi connectivity index (χ1v) is 14.5. The Morgan fingerprint density at radius 3 is 2.66 bits per heavy atom. The van der Waals surface area contributed by atoms with Gasteiger partial charge in [-0.15, -0.1) is 0 Å². The lowest BCUT2D eigenvalue weighted by atomic mass is 9.96. The van der Waals surface area contributed by atoms with E-state index in [2.05, 4.69) is 20.9 Å². The van der Waals surface area contributed by atoms with E-state index in [9.17, 15) is 14.7 Å². The Morgan fingerprint density at radius 2 is 1.95 bits per heavy atom. The summed E-state index contributed by atoms with van der Waals surface area (Å²) in [6, 6.07) is 13.6. The number of carbonyl (C=O) groups is 2. The molecule has 1 N–H and O–H groups in total. The van der Waals surface area contributed by atoms with Gasteiger partial charge in [0.05, 0.1) is 11.7 Å². The van der Waals surface area contributed by atoms with E-state index in [0.717, 1.165) is 4.47 Å². The monoisotopic (exact) mass is 625 g/mol. The summed E-state index contributed by atoms with van der Waals surface area (Å²) in [6.45, 7) is 6.08. The van der Waals surface area contributed by atoms with Crippen LogP contribution in [0, 0.1) is 5.82 Å². The maximum absolute atomic E-state index is 15.4. The van der Waals surface area contributed by atoms with Crippen molar-refractivity contribution < 1.29 is 28.6 Å². The Hall–Kier alpha value is -3.50. The number of aromatic nitrogens is 1. The molecule has 41 heavy (non-hydrogen) atoms. The van der Waals surface area contributed by atoms with Crippen molar-refractivity contribution in [2.45, 2.75) is 57.8 Å². The zero-order chi connectivity index (χ0) is 29.3. The van der Waals surface area contributed by atoms with Gasteiger partial charge >= 0.3 is 0 Å². The first-order valence-electron chi connectivity index (χ1n) is 13.7. The SMILES string of the molecule is C[C@H](CCO)Oc1ccccc1-c1ccc(C(=O)N2CCC(N3C(=O)C(C)(C)Oc4ncc(Br)cc43)CC2)c(F)c1. The number of nitrogens with zero attached hydrogens (tertiary/aromatic N) is 3. The Balaban J connectivity index is 1.30. The molecule has 2 amide bonds. The van der Waals surface area contributed by atoms with Crippen LogP contribution in [-0.4, -0.2) is 64.2 Å². The zero-order valence-corrected chi connectivity index (χ0v) is 24.9. The number of likely N-dealkylation sites (tertiary alicyclic amines) is 1. The molecule has 2 aliphatic rings. The number of amides is 2. The Morgan fingerprint density at radius 1 is 1.22 bits per heavy atom. The lowest BCUT2D eigenvalue weighted by molar-refractivity contribution is -0.133. The molecule has 0 spiro atoms. The number of anilines is 1. The standard InChI is InChI=1S/C31H33BrFN3O5/c1-19(12-15-37)40-27-7-5-4-6-23(27)20-8-9-24(25(33)16-20)29(38)35-13-10-22(11-14-35)36-26-17-21(32)18-34-28(26)41-31(2,3)30(36)39/h4-9,16-19,22,37H,10-15H2,1-3H3/t19-/m1/s1. The van der Waals surface area contributed by atoms with Gasteiger partial charge in [0.25, 0.3) is 11.8 Å². The van der Waals surface area contributed by atoms with Crippen molar-refractivity contribution in [2.24, 2.45) is 0 Å². The van der Waals surface area contributed by atoms with Gasteiger partial charge in [0.15, 0.2) is 5.60 Å². The third kappa shape index (κ3) is 5.94. The van der Waals surface area contributed by atoms with Crippen LogP contribution in [0.25, 0.3) is 11.1 Å². The minimum absolute atomic E-state index is 0.00121. The molecule has 0 saturated carbocycles. The van der Waals surface area contributed by atoms with Crippen molar-refractivity contribution in [1.29, 1.82) is 0 Å². The van der Waals surface area contributed by atoms with Gasteiger partial charge in [-0.1, -0.05) is 24.3 Å². The lowest BCUT2D eigenvalue weighted by Gasteiger charge is -2.44. The molecule has 10 heteroatoms. The number of halogens is 2. The normalized spacial score (nSPS) is 17.6. The Kier molecular flexibility index (Phi) is 8.33. The number of aliphatic hydroxyl groups is 1. The van der Waals surface area contributed by atoms with E-state index >= 15 is 4.39 Å². The Labute approximate surface area is 247 Å². The van der Waals surface area contributed by atoms with E-state index in [1.165, 1.54) is 12.1 Å². The minimum Gasteiger partial charge on any atom is -0.490 e. The Bertz CT molecular complexity index is 1460. The highest BCUT2D eigenvalue weighted by atomic mass is 79.9. The molecule has 1 saturated heterocycles. The van der Waals surface area contributed by atoms with Gasteiger partial charge in [-0.2, -0.15) is 0 Å². The second kappa shape index (κ2) is 11.8. The van der Waals surface area contributed by atoms with Crippen LogP contribution >= 0.6 is 15.9 Å². The topological polar surface area (TPSA) is 92.2 Å². The summed E-state index contributed by atoms with van der Waals surface area (Å²) >= 11 is 3.43. The summed E-state index contributed by atoms with van der Waals surface area (Å²) in [7, 11) is 0. The number of hydrogen-bond acceptors (Lipinski definition) is 6. The van der Waals surface area contributed by atoms with Crippen LogP contribution < -0.4 is 14.4 Å². The molecule has 1 atom stereocenters. The molecule has 1 aromatic heterocycles. The lowest BCUT2D eigenvalue weighted by Crippen LogP contribution is -2.58. The predicted octanol–water partition coefficient (Wildman–Crippen LogP) is 5.61. The third-order valence-corrected chi connectivity index (χ3v) is 7.96. The fraction of sp³-hybridized carbons (Fsp3) is 0.387. The molecule has 1 fully saturated rings. The molecule has 5 rings (SSSR count). The number of carbonyl (C=O) groups excluding carboxylic acids is 2. The van der Waals surface area contributed by atoms with Crippen molar-refractivity contribution in [3.63, 3.8) is 0 Å². The second-order valence-corrected chi connectivity index (χ2v) is 11.8. The molecular formula is C31H33BrFN3O5. The highest BCUT2D eigenvalue weighted by molar-refractivity contribution is 9.10. The summed E-state index contributed by atoms with van der Waals surface area (Å²) in [4.78, 5) is 34.5. The van der Waals surface area contributed by atoms with Crippen LogP contribution in [-0.2, 0) is 4.79 Å². The van der Waals surface area contributed by atoms with E-state index in [1.807, 2.05) is 31.2 Å². The number of ether oxygens (including phenoxy) is 2. The van der Waals surface area contributed by atoms with Crippen molar-refractivity contribution in [3.05, 3.63) is 70.6 Å². The molecule has 3 aromatic rings. The van der Waals surface area contributed by atoms with E-state index in [4.69, 9.17) is 9.47 Å². The van der Waals surface area contributed by atoms with E-state index in [0.29, 0.717) is 60.8 Å². The van der Waals surface area contributed by atoms with Gasteiger partial charge in [0, 0.05) is 48.4 Å². The first kappa shape index (κ1) is 29.0. The van der Waals surface area contributed by atoms with Crippen LogP contribution in [0.4, 0.5) is 10.1 Å². The molecule has 2 aliphatic heterocycles. The third-order valence-electron chi connectivity index (χ3n) is 7.52. The maximum Gasteiger partial charge on any atom is 0.271 e. The molecule has 216 valence electrons. The van der Waals surface area contributed by atoms with Gasteiger partial charge in [0.1, 0.15) is 17.3 Å². The van der Waals surface area contributed by atoms with Gasteiger partial charge in [-0.25, -0.2) is 9.37 Å². The van der Waals surface area contributed by atoms with Crippen molar-refractivity contribution in [1.82, 2.24) is 9.88 Å². The zero-order valence-electron chi connectivity index (χ0n) is 23.3. The van der Waals surface area contributed by atoms with Crippen LogP contribution in [0.15, 0.2) is 59.2 Å². The number of aliphatic hydroxyl groups excluding tert-OH is 1. The molecular weight excluding hydrogens is 593 g/mol. The number of pyridine rings is 1. The number of fused-ring (bicyclic) bond motifs is 1. The van der Waals surface area contributed by atoms with Gasteiger partial charge in [-0.3, -0.25) is 9.59 Å². The fourth-order valence-electron chi connectivity index (χ4n) is 5.33. The maximum atomic E-state index is 15.4. The molecule has 2 aromatic carbocycles. The molecule has 8 nitrogen and oxygen atoms in total. The number of hydrogen-bond donors (Lipinski definition) is 1. The van der Waals surface area contributed by atoms with Crippen LogP contribution in [0.2, 0.25) is 0 Å². The average molecular weight is 627 g/mol. The van der Waals surface area contributed by atoms with Crippen LogP contribution in [0.5, 0.6) is 11.6 Å². The van der Waals surface area contributed by atoms with Crippen molar-refractivity contribution in [3.8, 4) is 22.8 Å². The largest absolute Gasteiger partial charge is 0.490 e. The van der Waals surface area contributed by atoms with Gasteiger partial charge in [-0.05, 0) is 79.4 Å².